The van der Waals surface area contributed by atoms with Crippen molar-refractivity contribution in [2.75, 3.05) is 7.05 Å². The molecule has 0 unspecified atom stereocenters. The second-order valence-electron chi connectivity index (χ2n) is 6.77. The average Bonchev–Trinajstić information content (AvgIpc) is 3.18. The van der Waals surface area contributed by atoms with Crippen molar-refractivity contribution in [3.05, 3.63) is 90.5 Å². The van der Waals surface area contributed by atoms with Crippen molar-refractivity contribution in [3.8, 4) is 11.3 Å². The van der Waals surface area contributed by atoms with Crippen LogP contribution in [0.1, 0.15) is 35.4 Å². The van der Waals surface area contributed by atoms with Crippen molar-refractivity contribution >= 4 is 11.6 Å². The van der Waals surface area contributed by atoms with Gasteiger partial charge in [0, 0.05) is 31.2 Å². The molecule has 3 heterocycles. The van der Waals surface area contributed by atoms with Crippen LogP contribution in [0.2, 0.25) is 0 Å². The lowest BCUT2D eigenvalue weighted by molar-refractivity contribution is 0.0722. The first-order valence-electron chi connectivity index (χ1n) is 9.39. The highest BCUT2D eigenvalue weighted by molar-refractivity contribution is 5.94. The first-order valence-corrected chi connectivity index (χ1v) is 9.39. The van der Waals surface area contributed by atoms with Crippen LogP contribution in [-0.2, 0) is 0 Å². The molecular weight excluding hydrogens is 348 g/mol. The van der Waals surface area contributed by atoms with Gasteiger partial charge in [-0.2, -0.15) is 0 Å². The molecule has 4 aromatic rings. The van der Waals surface area contributed by atoms with E-state index in [1.807, 2.05) is 84.5 Å². The van der Waals surface area contributed by atoms with Crippen LogP contribution in [0.5, 0.6) is 0 Å². The zero-order valence-corrected chi connectivity index (χ0v) is 16.0. The van der Waals surface area contributed by atoms with Gasteiger partial charge in [0.1, 0.15) is 5.65 Å². The van der Waals surface area contributed by atoms with Gasteiger partial charge in [-0.1, -0.05) is 43.3 Å². The van der Waals surface area contributed by atoms with Crippen molar-refractivity contribution in [1.82, 2.24) is 19.3 Å². The van der Waals surface area contributed by atoms with E-state index in [4.69, 9.17) is 0 Å². The Morgan fingerprint density at radius 3 is 2.54 bits per heavy atom. The molecule has 0 radical (unpaired) electrons. The van der Waals surface area contributed by atoms with Gasteiger partial charge >= 0.3 is 0 Å². The molecule has 0 spiro atoms. The van der Waals surface area contributed by atoms with Crippen LogP contribution in [0.4, 0.5) is 0 Å². The first-order chi connectivity index (χ1) is 13.7. The molecule has 5 heteroatoms. The normalized spacial score (nSPS) is 12.1. The molecule has 4 rings (SSSR count). The Morgan fingerprint density at radius 1 is 1.04 bits per heavy atom. The summed E-state index contributed by atoms with van der Waals surface area (Å²) in [7, 11) is 1.83. The van der Waals surface area contributed by atoms with Gasteiger partial charge in [-0.25, -0.2) is 4.98 Å². The highest BCUT2D eigenvalue weighted by atomic mass is 16.2. The Kier molecular flexibility index (Phi) is 4.89. The summed E-state index contributed by atoms with van der Waals surface area (Å²) in [5.74, 6) is -0.0330. The van der Waals surface area contributed by atoms with E-state index in [1.165, 1.54) is 0 Å². The van der Waals surface area contributed by atoms with Crippen LogP contribution in [0.25, 0.3) is 16.9 Å². The molecular formula is C23H22N4O. The highest BCUT2D eigenvalue weighted by Crippen LogP contribution is 2.24. The summed E-state index contributed by atoms with van der Waals surface area (Å²) in [6.45, 7) is 2.06. The van der Waals surface area contributed by atoms with Crippen molar-refractivity contribution in [2.24, 2.45) is 0 Å². The van der Waals surface area contributed by atoms with Gasteiger partial charge in [0.05, 0.1) is 23.0 Å². The topological polar surface area (TPSA) is 50.5 Å². The van der Waals surface area contributed by atoms with E-state index in [0.717, 1.165) is 29.0 Å². The van der Waals surface area contributed by atoms with Crippen molar-refractivity contribution in [3.63, 3.8) is 0 Å². The minimum absolute atomic E-state index is 0.0330. The number of pyridine rings is 2. The third-order valence-electron chi connectivity index (χ3n) is 4.97. The zero-order chi connectivity index (χ0) is 19.5. The Balaban J connectivity index is 1.63. The van der Waals surface area contributed by atoms with Crippen molar-refractivity contribution in [2.45, 2.75) is 19.4 Å². The monoisotopic (exact) mass is 370 g/mol. The van der Waals surface area contributed by atoms with E-state index in [9.17, 15) is 4.79 Å². The smallest absolute Gasteiger partial charge is 0.255 e. The maximum Gasteiger partial charge on any atom is 0.255 e. The summed E-state index contributed by atoms with van der Waals surface area (Å²) in [4.78, 5) is 23.9. The lowest BCUT2D eigenvalue weighted by Gasteiger charge is -2.27. The van der Waals surface area contributed by atoms with Gasteiger partial charge in [-0.05, 0) is 30.7 Å². The van der Waals surface area contributed by atoms with E-state index in [1.54, 1.807) is 11.1 Å². The molecule has 1 atom stereocenters. The van der Waals surface area contributed by atoms with Gasteiger partial charge in [0.2, 0.25) is 0 Å². The third kappa shape index (κ3) is 3.39. The van der Waals surface area contributed by atoms with Crippen LogP contribution in [-0.4, -0.2) is 32.2 Å². The van der Waals surface area contributed by atoms with E-state index >= 15 is 0 Å². The predicted octanol–water partition coefficient (Wildman–Crippen LogP) is 4.62. The number of amides is 1. The van der Waals surface area contributed by atoms with E-state index in [-0.39, 0.29) is 11.9 Å². The number of aromatic nitrogens is 3. The fourth-order valence-corrected chi connectivity index (χ4v) is 3.47. The van der Waals surface area contributed by atoms with Crippen LogP contribution in [0.3, 0.4) is 0 Å². The number of nitrogens with zero attached hydrogens (tertiary/aromatic N) is 4. The SMILES string of the molecule is CC[C@@H](c1ccccn1)N(C)C(=O)c1ccc2nc(-c3ccccc3)cn2c1. The summed E-state index contributed by atoms with van der Waals surface area (Å²) < 4.78 is 1.91. The molecule has 0 aliphatic carbocycles. The minimum Gasteiger partial charge on any atom is -0.333 e. The summed E-state index contributed by atoms with van der Waals surface area (Å²) in [5, 5.41) is 0. The molecule has 0 aliphatic rings. The molecule has 140 valence electrons. The van der Waals surface area contributed by atoms with E-state index in [2.05, 4.69) is 16.9 Å². The molecule has 0 aliphatic heterocycles. The second kappa shape index (κ2) is 7.64. The van der Waals surface area contributed by atoms with Crippen LogP contribution < -0.4 is 0 Å². The van der Waals surface area contributed by atoms with Gasteiger partial charge < -0.3 is 9.30 Å². The molecule has 5 nitrogen and oxygen atoms in total. The summed E-state index contributed by atoms with van der Waals surface area (Å²) >= 11 is 0. The summed E-state index contributed by atoms with van der Waals surface area (Å²) in [6.07, 6.45) is 6.36. The third-order valence-corrected chi connectivity index (χ3v) is 4.97. The maximum absolute atomic E-state index is 13.1. The number of carbonyl (C=O) groups is 1. The first kappa shape index (κ1) is 17.9. The van der Waals surface area contributed by atoms with Gasteiger partial charge in [-0.3, -0.25) is 9.78 Å². The largest absolute Gasteiger partial charge is 0.333 e. The van der Waals surface area contributed by atoms with Crippen molar-refractivity contribution in [1.29, 1.82) is 0 Å². The fourth-order valence-electron chi connectivity index (χ4n) is 3.47. The van der Waals surface area contributed by atoms with E-state index in [0.29, 0.717) is 5.56 Å². The standard InChI is InChI=1S/C23H22N4O/c1-3-21(19-11-7-8-14-24-19)26(2)23(28)18-12-13-22-25-20(16-27(22)15-18)17-9-5-4-6-10-17/h4-16,21H,3H2,1-2H3/t21-/m0/s1. The molecule has 0 saturated heterocycles. The summed E-state index contributed by atoms with van der Waals surface area (Å²) in [6, 6.07) is 19.5. The molecule has 0 saturated carbocycles. The number of carbonyl (C=O) groups excluding carboxylic acids is 1. The molecule has 3 aromatic heterocycles. The number of benzene rings is 1. The number of fused-ring (bicyclic) bond motifs is 1. The lowest BCUT2D eigenvalue weighted by atomic mass is 10.1. The van der Waals surface area contributed by atoms with Gasteiger partial charge in [-0.15, -0.1) is 0 Å². The Bertz CT molecular complexity index is 1090. The van der Waals surface area contributed by atoms with Crippen LogP contribution >= 0.6 is 0 Å². The van der Waals surface area contributed by atoms with Crippen molar-refractivity contribution < 1.29 is 4.79 Å². The zero-order valence-electron chi connectivity index (χ0n) is 16.0. The molecule has 1 amide bonds. The number of hydrogen-bond donors (Lipinski definition) is 0. The molecule has 28 heavy (non-hydrogen) atoms. The van der Waals surface area contributed by atoms with Crippen LogP contribution in [0, 0.1) is 0 Å². The Morgan fingerprint density at radius 2 is 1.82 bits per heavy atom. The molecule has 1 aromatic carbocycles. The number of hydrogen-bond acceptors (Lipinski definition) is 3. The minimum atomic E-state index is -0.0629. The van der Waals surface area contributed by atoms with Crippen LogP contribution in [0.15, 0.2) is 79.3 Å². The fraction of sp³-hybridized carbons (Fsp3) is 0.174. The van der Waals surface area contributed by atoms with Gasteiger partial charge in [0.15, 0.2) is 0 Å². The molecule has 0 bridgehead atoms. The van der Waals surface area contributed by atoms with E-state index < -0.39 is 0 Å². The number of rotatable bonds is 5. The maximum atomic E-state index is 13.1. The predicted molar refractivity (Wildman–Crippen MR) is 110 cm³/mol. The molecule has 0 N–H and O–H groups in total. The van der Waals surface area contributed by atoms with Gasteiger partial charge in [0.25, 0.3) is 5.91 Å². The Labute approximate surface area is 164 Å². The lowest BCUT2D eigenvalue weighted by Crippen LogP contribution is -2.31. The highest BCUT2D eigenvalue weighted by Gasteiger charge is 2.22. The molecule has 0 fully saturated rings. The summed E-state index contributed by atoms with van der Waals surface area (Å²) in [5.41, 5.74) is 4.28. The second-order valence-corrected chi connectivity index (χ2v) is 6.77. The number of imidazole rings is 1. The Hall–Kier alpha value is -3.47. The quantitative estimate of drug-likeness (QED) is 0.515. The average molecular weight is 370 g/mol.